The molecule has 0 aliphatic carbocycles. The Morgan fingerprint density at radius 2 is 1.81 bits per heavy atom. The summed E-state index contributed by atoms with van der Waals surface area (Å²) in [5.41, 5.74) is 2.89. The summed E-state index contributed by atoms with van der Waals surface area (Å²) in [6.45, 7) is 4.86. The van der Waals surface area contributed by atoms with Crippen LogP contribution in [0.3, 0.4) is 0 Å². The maximum absolute atomic E-state index is 12.4. The van der Waals surface area contributed by atoms with Crippen molar-refractivity contribution in [1.82, 2.24) is 15.0 Å². The van der Waals surface area contributed by atoms with Crippen LogP contribution < -0.4 is 20.3 Å². The van der Waals surface area contributed by atoms with E-state index in [0.29, 0.717) is 36.3 Å². The maximum atomic E-state index is 12.4. The van der Waals surface area contributed by atoms with Crippen molar-refractivity contribution < 1.29 is 14.3 Å². The second-order valence-corrected chi connectivity index (χ2v) is 7.04. The van der Waals surface area contributed by atoms with Crippen LogP contribution in [0.15, 0.2) is 48.7 Å². The highest BCUT2D eigenvalue weighted by Gasteiger charge is 2.15. The summed E-state index contributed by atoms with van der Waals surface area (Å²) < 4.78 is 10.5. The molecule has 3 aromatic rings. The Bertz CT molecular complexity index is 1050. The van der Waals surface area contributed by atoms with E-state index >= 15 is 0 Å². The number of nitrogens with zero attached hydrogens (tertiary/aromatic N) is 4. The average Bonchev–Trinajstić information content (AvgIpc) is 2.80. The van der Waals surface area contributed by atoms with Crippen molar-refractivity contribution in [2.24, 2.45) is 0 Å². The van der Waals surface area contributed by atoms with Gasteiger partial charge in [0, 0.05) is 54.1 Å². The number of amides is 1. The van der Waals surface area contributed by atoms with Gasteiger partial charge in [-0.25, -0.2) is 9.97 Å². The van der Waals surface area contributed by atoms with Gasteiger partial charge in [-0.15, -0.1) is 0 Å². The van der Waals surface area contributed by atoms with Gasteiger partial charge in [0.2, 0.25) is 11.8 Å². The third kappa shape index (κ3) is 5.26. The Balaban J connectivity index is 1.42. The van der Waals surface area contributed by atoms with Crippen LogP contribution in [0.4, 0.5) is 23.1 Å². The fraction of sp³-hybridized carbons (Fsp3) is 0.273. The van der Waals surface area contributed by atoms with Crippen molar-refractivity contribution in [1.29, 1.82) is 0 Å². The molecule has 1 amide bonds. The first kappa shape index (κ1) is 20.5. The van der Waals surface area contributed by atoms with Crippen LogP contribution in [-0.4, -0.2) is 54.3 Å². The highest BCUT2D eigenvalue weighted by Crippen LogP contribution is 2.21. The van der Waals surface area contributed by atoms with Crippen molar-refractivity contribution in [2.75, 3.05) is 48.9 Å². The van der Waals surface area contributed by atoms with E-state index in [9.17, 15) is 4.79 Å². The number of carbonyl (C=O) groups is 1. The lowest BCUT2D eigenvalue weighted by Gasteiger charge is -2.27. The zero-order valence-corrected chi connectivity index (χ0v) is 17.5. The molecule has 4 rings (SSSR count). The van der Waals surface area contributed by atoms with Gasteiger partial charge in [0.05, 0.1) is 20.3 Å². The Kier molecular flexibility index (Phi) is 6.23. The van der Waals surface area contributed by atoms with Gasteiger partial charge >= 0.3 is 0 Å². The number of nitrogens with one attached hydrogen (secondary N) is 2. The largest absolute Gasteiger partial charge is 0.481 e. The SMILES string of the molecule is COc1cc(C(=O)Nc2ccc(Nc3cc(C)nc(N4CCOCC4)n3)cc2)ccn1. The van der Waals surface area contributed by atoms with E-state index in [4.69, 9.17) is 9.47 Å². The molecule has 1 aromatic carbocycles. The molecular formula is C22H24N6O3. The van der Waals surface area contributed by atoms with Crippen molar-refractivity contribution >= 4 is 29.0 Å². The smallest absolute Gasteiger partial charge is 0.255 e. The van der Waals surface area contributed by atoms with Crippen molar-refractivity contribution in [2.45, 2.75) is 6.92 Å². The molecule has 2 N–H and O–H groups in total. The second-order valence-electron chi connectivity index (χ2n) is 7.04. The molecule has 3 heterocycles. The molecule has 0 atom stereocenters. The van der Waals surface area contributed by atoms with Crippen LogP contribution in [0.25, 0.3) is 0 Å². The van der Waals surface area contributed by atoms with Crippen LogP contribution in [-0.2, 0) is 4.74 Å². The standard InChI is InChI=1S/C22H24N6O3/c1-15-13-19(27-22(24-15)28-9-11-31-12-10-28)25-17-3-5-18(6-4-17)26-21(29)16-7-8-23-20(14-16)30-2/h3-8,13-14H,9-12H2,1-2H3,(H,26,29)(H,24,25,27). The minimum Gasteiger partial charge on any atom is -0.481 e. The first-order valence-electron chi connectivity index (χ1n) is 9.97. The first-order chi connectivity index (χ1) is 15.1. The van der Waals surface area contributed by atoms with Gasteiger partial charge in [0.1, 0.15) is 5.82 Å². The lowest BCUT2D eigenvalue weighted by atomic mass is 10.2. The Morgan fingerprint density at radius 1 is 1.06 bits per heavy atom. The molecule has 0 spiro atoms. The predicted octanol–water partition coefficient (Wildman–Crippen LogP) is 3.02. The summed E-state index contributed by atoms with van der Waals surface area (Å²) in [5, 5.41) is 6.17. The molecule has 0 unspecified atom stereocenters. The van der Waals surface area contributed by atoms with E-state index in [1.54, 1.807) is 12.1 Å². The molecule has 1 aliphatic rings. The number of rotatable bonds is 6. The molecule has 0 bridgehead atoms. The molecular weight excluding hydrogens is 396 g/mol. The van der Waals surface area contributed by atoms with E-state index in [-0.39, 0.29) is 5.91 Å². The predicted molar refractivity (Wildman–Crippen MR) is 118 cm³/mol. The maximum Gasteiger partial charge on any atom is 0.255 e. The lowest BCUT2D eigenvalue weighted by Crippen LogP contribution is -2.37. The van der Waals surface area contributed by atoms with Gasteiger partial charge in [0.15, 0.2) is 0 Å². The minimum atomic E-state index is -0.233. The number of methoxy groups -OCH3 is 1. The third-order valence-corrected chi connectivity index (χ3v) is 4.76. The monoisotopic (exact) mass is 420 g/mol. The first-order valence-corrected chi connectivity index (χ1v) is 9.97. The number of aromatic nitrogens is 3. The highest BCUT2D eigenvalue weighted by atomic mass is 16.5. The van der Waals surface area contributed by atoms with Crippen LogP contribution in [0.1, 0.15) is 16.1 Å². The summed E-state index contributed by atoms with van der Waals surface area (Å²) in [6, 6.07) is 12.6. The quantitative estimate of drug-likeness (QED) is 0.628. The number of hydrogen-bond acceptors (Lipinski definition) is 8. The third-order valence-electron chi connectivity index (χ3n) is 4.76. The topological polar surface area (TPSA) is 102 Å². The fourth-order valence-electron chi connectivity index (χ4n) is 3.17. The van der Waals surface area contributed by atoms with E-state index in [1.165, 1.54) is 13.3 Å². The van der Waals surface area contributed by atoms with Crippen LogP contribution >= 0.6 is 0 Å². The Labute approximate surface area is 180 Å². The summed E-state index contributed by atoms with van der Waals surface area (Å²) in [5.74, 6) is 1.57. The van der Waals surface area contributed by atoms with Gasteiger partial charge < -0.3 is 25.0 Å². The summed E-state index contributed by atoms with van der Waals surface area (Å²) >= 11 is 0. The molecule has 0 radical (unpaired) electrons. The Morgan fingerprint density at radius 3 is 2.55 bits per heavy atom. The van der Waals surface area contributed by atoms with E-state index in [2.05, 4.69) is 30.5 Å². The second kappa shape index (κ2) is 9.40. The van der Waals surface area contributed by atoms with E-state index in [0.717, 1.165) is 30.3 Å². The molecule has 160 valence electrons. The van der Waals surface area contributed by atoms with Gasteiger partial charge in [0.25, 0.3) is 5.91 Å². The molecule has 1 aliphatic heterocycles. The molecule has 1 fully saturated rings. The van der Waals surface area contributed by atoms with E-state index < -0.39 is 0 Å². The molecule has 2 aromatic heterocycles. The van der Waals surface area contributed by atoms with Crippen molar-refractivity contribution in [3.05, 3.63) is 59.9 Å². The molecule has 1 saturated heterocycles. The molecule has 9 heteroatoms. The molecule has 31 heavy (non-hydrogen) atoms. The fourth-order valence-corrected chi connectivity index (χ4v) is 3.17. The van der Waals surface area contributed by atoms with Crippen LogP contribution in [0.5, 0.6) is 5.88 Å². The molecule has 9 nitrogen and oxygen atoms in total. The van der Waals surface area contributed by atoms with Crippen molar-refractivity contribution in [3.8, 4) is 5.88 Å². The molecule has 0 saturated carbocycles. The van der Waals surface area contributed by atoms with Gasteiger partial charge in [-0.2, -0.15) is 4.98 Å². The lowest BCUT2D eigenvalue weighted by molar-refractivity contribution is 0.102. The number of anilines is 4. The van der Waals surface area contributed by atoms with Crippen LogP contribution in [0.2, 0.25) is 0 Å². The Hall–Kier alpha value is -3.72. The number of ether oxygens (including phenoxy) is 2. The van der Waals surface area contributed by atoms with Gasteiger partial charge in [-0.3, -0.25) is 4.79 Å². The van der Waals surface area contributed by atoms with E-state index in [1.807, 2.05) is 37.3 Å². The number of carbonyl (C=O) groups excluding carboxylic acids is 1. The summed E-state index contributed by atoms with van der Waals surface area (Å²) in [4.78, 5) is 27.8. The number of aryl methyl sites for hydroxylation is 1. The highest BCUT2D eigenvalue weighted by molar-refractivity contribution is 6.04. The average molecular weight is 420 g/mol. The summed E-state index contributed by atoms with van der Waals surface area (Å²) in [6.07, 6.45) is 1.54. The zero-order chi connectivity index (χ0) is 21.6. The summed E-state index contributed by atoms with van der Waals surface area (Å²) in [7, 11) is 1.51. The minimum absolute atomic E-state index is 0.233. The number of morpholine rings is 1. The van der Waals surface area contributed by atoms with Crippen LogP contribution in [0, 0.1) is 6.92 Å². The number of benzene rings is 1. The number of pyridine rings is 1. The van der Waals surface area contributed by atoms with Gasteiger partial charge in [-0.05, 0) is 37.3 Å². The van der Waals surface area contributed by atoms with Crippen molar-refractivity contribution in [3.63, 3.8) is 0 Å². The number of hydrogen-bond donors (Lipinski definition) is 2. The zero-order valence-electron chi connectivity index (χ0n) is 17.5. The van der Waals surface area contributed by atoms with Gasteiger partial charge in [-0.1, -0.05) is 0 Å². The normalized spacial score (nSPS) is 13.5.